The van der Waals surface area contributed by atoms with Gasteiger partial charge in [-0.1, -0.05) is 17.7 Å². The molecule has 0 amide bonds. The second-order valence-corrected chi connectivity index (χ2v) is 7.23. The molecule has 2 saturated heterocycles. The van der Waals surface area contributed by atoms with Gasteiger partial charge in [-0.25, -0.2) is 0 Å². The normalized spacial score (nSPS) is 33.8. The Balaban J connectivity index is 1.34. The quantitative estimate of drug-likeness (QED) is 0.903. The molecule has 1 N–H and O–H groups in total. The van der Waals surface area contributed by atoms with E-state index in [-0.39, 0.29) is 6.10 Å². The summed E-state index contributed by atoms with van der Waals surface area (Å²) in [7, 11) is 0. The van der Waals surface area contributed by atoms with E-state index >= 15 is 0 Å². The highest BCUT2D eigenvalue weighted by Crippen LogP contribution is 2.42. The molecule has 1 saturated carbocycles. The molecule has 0 radical (unpaired) electrons. The second kappa shape index (κ2) is 5.29. The Hall–Kier alpha value is -1.06. The third-order valence-corrected chi connectivity index (χ3v) is 5.94. The summed E-state index contributed by atoms with van der Waals surface area (Å²) in [4.78, 5) is 5.19. The number of aliphatic hydroxyl groups is 1. The molecular weight excluding hydrogens is 260 g/mol. The van der Waals surface area contributed by atoms with Gasteiger partial charge in [-0.05, 0) is 44.2 Å². The molecule has 0 unspecified atom stereocenters. The van der Waals surface area contributed by atoms with Crippen molar-refractivity contribution in [1.82, 2.24) is 4.90 Å². The number of aliphatic hydroxyl groups excluding tert-OH is 1. The van der Waals surface area contributed by atoms with Gasteiger partial charge in [0.25, 0.3) is 0 Å². The molecule has 0 spiro atoms. The third-order valence-electron chi connectivity index (χ3n) is 5.94. The number of anilines is 1. The highest BCUT2D eigenvalue weighted by atomic mass is 16.3. The van der Waals surface area contributed by atoms with Crippen LogP contribution in [-0.4, -0.2) is 48.3 Å². The van der Waals surface area contributed by atoms with Crippen LogP contribution in [0.4, 0.5) is 5.69 Å². The number of aryl methyl sites for hydroxylation is 1. The molecule has 3 aliphatic rings. The maximum atomic E-state index is 9.81. The third kappa shape index (κ3) is 2.47. The van der Waals surface area contributed by atoms with Crippen LogP contribution >= 0.6 is 0 Å². The average molecular weight is 286 g/mol. The Morgan fingerprint density at radius 1 is 1.05 bits per heavy atom. The van der Waals surface area contributed by atoms with Gasteiger partial charge >= 0.3 is 0 Å². The molecule has 1 aliphatic carbocycles. The number of rotatable bonds is 2. The zero-order valence-electron chi connectivity index (χ0n) is 12.9. The van der Waals surface area contributed by atoms with Gasteiger partial charge in [0.15, 0.2) is 0 Å². The Kier molecular flexibility index (Phi) is 3.43. The number of hydrogen-bond acceptors (Lipinski definition) is 3. The van der Waals surface area contributed by atoms with Crippen LogP contribution in [0.2, 0.25) is 0 Å². The maximum Gasteiger partial charge on any atom is 0.0587 e. The minimum Gasteiger partial charge on any atom is -0.393 e. The lowest BCUT2D eigenvalue weighted by Crippen LogP contribution is -2.44. The van der Waals surface area contributed by atoms with E-state index in [1.54, 1.807) is 0 Å². The van der Waals surface area contributed by atoms with Crippen molar-refractivity contribution in [2.24, 2.45) is 11.8 Å². The fraction of sp³-hybridized carbons (Fsp3) is 0.667. The first kappa shape index (κ1) is 13.6. The van der Waals surface area contributed by atoms with Gasteiger partial charge in [-0.3, -0.25) is 4.90 Å². The van der Waals surface area contributed by atoms with E-state index < -0.39 is 0 Å². The van der Waals surface area contributed by atoms with Crippen LogP contribution in [0.3, 0.4) is 0 Å². The van der Waals surface area contributed by atoms with Crippen LogP contribution in [0.25, 0.3) is 0 Å². The maximum absolute atomic E-state index is 9.81. The molecule has 3 fully saturated rings. The minimum absolute atomic E-state index is 0.00681. The van der Waals surface area contributed by atoms with Gasteiger partial charge in [0.1, 0.15) is 0 Å². The van der Waals surface area contributed by atoms with Crippen LogP contribution in [0.5, 0.6) is 0 Å². The first-order valence-corrected chi connectivity index (χ1v) is 8.44. The Labute approximate surface area is 127 Å². The van der Waals surface area contributed by atoms with Crippen molar-refractivity contribution in [2.75, 3.05) is 31.1 Å². The van der Waals surface area contributed by atoms with Crippen molar-refractivity contribution in [3.63, 3.8) is 0 Å². The predicted octanol–water partition coefficient (Wildman–Crippen LogP) is 2.28. The Bertz CT molecular complexity index is 492. The summed E-state index contributed by atoms with van der Waals surface area (Å²) in [5, 5.41) is 9.81. The molecule has 4 rings (SSSR count). The van der Waals surface area contributed by atoms with Crippen molar-refractivity contribution in [3.8, 4) is 0 Å². The zero-order valence-corrected chi connectivity index (χ0v) is 12.9. The van der Waals surface area contributed by atoms with Crippen LogP contribution < -0.4 is 4.90 Å². The SMILES string of the molecule is Cc1ccc(N2CCC(N3C[C@H]4C[C@H](O)[C@H]4C3)CC2)cc1. The molecule has 3 nitrogen and oxygen atoms in total. The van der Waals surface area contributed by atoms with Crippen molar-refractivity contribution in [2.45, 2.75) is 38.3 Å². The van der Waals surface area contributed by atoms with Gasteiger partial charge in [0.2, 0.25) is 0 Å². The molecule has 21 heavy (non-hydrogen) atoms. The number of benzene rings is 1. The van der Waals surface area contributed by atoms with E-state index in [0.29, 0.717) is 5.92 Å². The largest absolute Gasteiger partial charge is 0.393 e. The van der Waals surface area contributed by atoms with E-state index in [2.05, 4.69) is 41.0 Å². The van der Waals surface area contributed by atoms with Crippen LogP contribution in [-0.2, 0) is 0 Å². The number of piperidine rings is 1. The van der Waals surface area contributed by atoms with Gasteiger partial charge in [0, 0.05) is 43.8 Å². The van der Waals surface area contributed by atoms with Gasteiger partial charge < -0.3 is 10.0 Å². The van der Waals surface area contributed by atoms with E-state index in [1.807, 2.05) is 0 Å². The molecule has 2 heterocycles. The summed E-state index contributed by atoms with van der Waals surface area (Å²) < 4.78 is 0. The van der Waals surface area contributed by atoms with Crippen LogP contribution in [0.1, 0.15) is 24.8 Å². The molecule has 1 aromatic carbocycles. The standard InChI is InChI=1S/C18H26N2O/c1-13-2-4-15(5-3-13)19-8-6-16(7-9-19)20-11-14-10-18(21)17(14)12-20/h2-5,14,16-18,21H,6-12H2,1H3/t14-,17+,18+/m1/s1. The van der Waals surface area contributed by atoms with Crippen LogP contribution in [0, 0.1) is 18.8 Å². The van der Waals surface area contributed by atoms with Crippen molar-refractivity contribution in [3.05, 3.63) is 29.8 Å². The van der Waals surface area contributed by atoms with Crippen molar-refractivity contribution in [1.29, 1.82) is 0 Å². The highest BCUT2D eigenvalue weighted by Gasteiger charge is 2.47. The average Bonchev–Trinajstić information content (AvgIpc) is 2.86. The molecule has 114 valence electrons. The van der Waals surface area contributed by atoms with E-state index in [0.717, 1.165) is 24.9 Å². The predicted molar refractivity (Wildman–Crippen MR) is 85.6 cm³/mol. The van der Waals surface area contributed by atoms with Gasteiger partial charge in [-0.15, -0.1) is 0 Å². The van der Waals surface area contributed by atoms with Gasteiger partial charge in [-0.2, -0.15) is 0 Å². The summed E-state index contributed by atoms with van der Waals surface area (Å²) in [5.74, 6) is 1.37. The first-order valence-electron chi connectivity index (χ1n) is 8.44. The Morgan fingerprint density at radius 3 is 2.38 bits per heavy atom. The molecule has 3 heteroatoms. The summed E-state index contributed by atoms with van der Waals surface area (Å²) in [5.41, 5.74) is 2.70. The summed E-state index contributed by atoms with van der Waals surface area (Å²) in [6.07, 6.45) is 3.57. The summed E-state index contributed by atoms with van der Waals surface area (Å²) >= 11 is 0. The van der Waals surface area contributed by atoms with E-state index in [4.69, 9.17) is 0 Å². The molecular formula is C18H26N2O. The smallest absolute Gasteiger partial charge is 0.0587 e. The number of likely N-dealkylation sites (tertiary alicyclic amines) is 1. The number of fused-ring (bicyclic) bond motifs is 1. The number of hydrogen-bond donors (Lipinski definition) is 1. The number of nitrogens with zero attached hydrogens (tertiary/aromatic N) is 2. The minimum atomic E-state index is -0.00681. The molecule has 1 aromatic rings. The summed E-state index contributed by atoms with van der Waals surface area (Å²) in [6, 6.07) is 9.66. The van der Waals surface area contributed by atoms with Crippen molar-refractivity contribution >= 4 is 5.69 Å². The van der Waals surface area contributed by atoms with Crippen molar-refractivity contribution < 1.29 is 5.11 Å². The fourth-order valence-electron chi connectivity index (χ4n) is 4.45. The topological polar surface area (TPSA) is 26.7 Å². The highest BCUT2D eigenvalue weighted by molar-refractivity contribution is 5.47. The zero-order chi connectivity index (χ0) is 14.4. The summed E-state index contributed by atoms with van der Waals surface area (Å²) in [6.45, 7) is 6.86. The Morgan fingerprint density at radius 2 is 1.76 bits per heavy atom. The molecule has 0 bridgehead atoms. The monoisotopic (exact) mass is 286 g/mol. The van der Waals surface area contributed by atoms with Crippen LogP contribution in [0.15, 0.2) is 24.3 Å². The second-order valence-electron chi connectivity index (χ2n) is 7.23. The molecule has 2 aliphatic heterocycles. The molecule has 3 atom stereocenters. The first-order chi connectivity index (χ1) is 10.2. The lowest BCUT2D eigenvalue weighted by molar-refractivity contribution is -0.00448. The van der Waals surface area contributed by atoms with Gasteiger partial charge in [0.05, 0.1) is 6.10 Å². The van der Waals surface area contributed by atoms with E-state index in [1.165, 1.54) is 43.7 Å². The van der Waals surface area contributed by atoms with E-state index in [9.17, 15) is 5.11 Å². The lowest BCUT2D eigenvalue weighted by atomic mass is 9.74. The lowest BCUT2D eigenvalue weighted by Gasteiger charge is -2.38. The molecule has 0 aromatic heterocycles. The fourth-order valence-corrected chi connectivity index (χ4v) is 4.45.